The summed E-state index contributed by atoms with van der Waals surface area (Å²) in [5.41, 5.74) is 3.69. The molecule has 0 unspecified atom stereocenters. The van der Waals surface area contributed by atoms with E-state index in [9.17, 15) is 20.2 Å². The van der Waals surface area contributed by atoms with Crippen LogP contribution in [0.15, 0.2) is 12.1 Å². The van der Waals surface area contributed by atoms with E-state index in [0.717, 1.165) is 6.07 Å². The highest BCUT2D eigenvalue weighted by atomic mass is 16.6. The molecular formula is C6H5N3O5. The fourth-order valence-electron chi connectivity index (χ4n) is 0.861. The standard InChI is InChI=1S/C6H5N3O5/c7-4-1-3(8(11)12)2-5(6(4)10)9(13)14/h1-2,10H,7H2/i/hD. The van der Waals surface area contributed by atoms with Crippen molar-refractivity contribution in [3.05, 3.63) is 32.4 Å². The summed E-state index contributed by atoms with van der Waals surface area (Å²) in [6, 6.07) is 1.57. The van der Waals surface area contributed by atoms with E-state index >= 15 is 0 Å². The highest BCUT2D eigenvalue weighted by Gasteiger charge is 2.22. The first-order valence-electron chi connectivity index (χ1n) is 3.73. The van der Waals surface area contributed by atoms with Crippen molar-refractivity contribution in [2.75, 3.05) is 5.73 Å². The summed E-state index contributed by atoms with van der Waals surface area (Å²) >= 11 is 0. The molecule has 0 aliphatic rings. The Morgan fingerprint density at radius 2 is 2.00 bits per heavy atom. The molecule has 8 nitrogen and oxygen atoms in total. The van der Waals surface area contributed by atoms with E-state index in [4.69, 9.17) is 7.16 Å². The van der Waals surface area contributed by atoms with Gasteiger partial charge in [-0.05, 0) is 0 Å². The minimum absolute atomic E-state index is 0.328. The first-order valence-corrected chi connectivity index (χ1v) is 3.33. The fraction of sp³-hybridized carbons (Fsp3) is 0. The summed E-state index contributed by atoms with van der Waals surface area (Å²) in [6.07, 6.45) is 0. The molecule has 0 bridgehead atoms. The number of phenols is 1. The maximum absolute atomic E-state index is 10.5. The number of nitro benzene ring substituents is 2. The predicted molar refractivity (Wildman–Crippen MR) is 45.8 cm³/mol. The number of nitrogens with two attached hydrogens (primary N) is 1. The molecule has 1 aromatic rings. The average molecular weight is 200 g/mol. The smallest absolute Gasteiger partial charge is 0.319 e. The fourth-order valence-corrected chi connectivity index (χ4v) is 0.861. The molecule has 0 atom stereocenters. The Hall–Kier alpha value is -2.38. The first-order chi connectivity index (χ1) is 6.97. The Labute approximate surface area is 78.4 Å². The zero-order valence-corrected chi connectivity index (χ0v) is 6.67. The van der Waals surface area contributed by atoms with Gasteiger partial charge in [0.05, 0.1) is 21.6 Å². The highest BCUT2D eigenvalue weighted by Crippen LogP contribution is 2.35. The minimum atomic E-state index is -0.909. The number of rotatable bonds is 3. The van der Waals surface area contributed by atoms with Crippen molar-refractivity contribution in [3.8, 4) is 5.75 Å². The van der Waals surface area contributed by atoms with Gasteiger partial charge in [-0.1, -0.05) is 0 Å². The zero-order chi connectivity index (χ0) is 11.6. The lowest BCUT2D eigenvalue weighted by atomic mass is 10.2. The van der Waals surface area contributed by atoms with Crippen LogP contribution in [-0.2, 0) is 0 Å². The van der Waals surface area contributed by atoms with Gasteiger partial charge in [-0.2, -0.15) is 0 Å². The normalized spacial score (nSPS) is 10.4. The van der Waals surface area contributed by atoms with Crippen LogP contribution in [0, 0.1) is 20.2 Å². The lowest BCUT2D eigenvalue weighted by molar-refractivity contribution is -0.394. The van der Waals surface area contributed by atoms with Gasteiger partial charge in [-0.25, -0.2) is 0 Å². The van der Waals surface area contributed by atoms with Gasteiger partial charge in [0.1, 0.15) is 0 Å². The Bertz CT molecular complexity index is 435. The van der Waals surface area contributed by atoms with Crippen LogP contribution in [0.4, 0.5) is 17.1 Å². The average Bonchev–Trinajstić information content (AvgIpc) is 2.16. The van der Waals surface area contributed by atoms with Crippen molar-refractivity contribution in [1.29, 1.82) is 1.43 Å². The van der Waals surface area contributed by atoms with Crippen molar-refractivity contribution in [2.45, 2.75) is 0 Å². The third-order valence-electron chi connectivity index (χ3n) is 1.49. The Morgan fingerprint density at radius 1 is 1.36 bits per heavy atom. The molecule has 8 heteroatoms. The molecule has 74 valence electrons. The lowest BCUT2D eigenvalue weighted by Crippen LogP contribution is -1.96. The molecule has 0 heterocycles. The molecule has 0 amide bonds. The van der Waals surface area contributed by atoms with E-state index in [2.05, 4.69) is 5.11 Å². The largest absolute Gasteiger partial charge is 0.501 e. The number of phenolic OH excluding ortho intramolecular Hbond substituents is 1. The molecule has 0 saturated heterocycles. The van der Waals surface area contributed by atoms with Gasteiger partial charge in [0.25, 0.3) is 7.12 Å². The molecule has 1 aromatic carbocycles. The second kappa shape index (κ2) is 3.17. The summed E-state index contributed by atoms with van der Waals surface area (Å²) in [5.74, 6) is -0.509. The molecule has 0 aliphatic heterocycles. The SMILES string of the molecule is [2H]Oc1c(N)cc([N+](=O)[O-])cc1[N+](=O)[O-]. The van der Waals surface area contributed by atoms with Gasteiger partial charge in [-0.15, -0.1) is 0 Å². The van der Waals surface area contributed by atoms with Crippen LogP contribution < -0.4 is 5.73 Å². The molecule has 0 aliphatic carbocycles. The molecule has 0 aromatic heterocycles. The zero-order valence-electron chi connectivity index (χ0n) is 7.67. The number of benzene rings is 1. The van der Waals surface area contributed by atoms with Crippen LogP contribution in [0.25, 0.3) is 0 Å². The van der Waals surface area contributed by atoms with Crippen LogP contribution in [0.3, 0.4) is 0 Å². The lowest BCUT2D eigenvalue weighted by Gasteiger charge is -1.99. The maximum Gasteiger partial charge on any atom is 0.319 e. The Morgan fingerprint density at radius 3 is 2.43 bits per heavy atom. The quantitative estimate of drug-likeness (QED) is 0.320. The molecule has 0 spiro atoms. The second-order valence-electron chi connectivity index (χ2n) is 2.40. The van der Waals surface area contributed by atoms with Crippen LogP contribution in [-0.4, -0.2) is 16.4 Å². The van der Waals surface area contributed by atoms with Gasteiger partial charge >= 0.3 is 5.69 Å². The van der Waals surface area contributed by atoms with Crippen LogP contribution in [0.1, 0.15) is 0 Å². The number of hydrogen-bond acceptors (Lipinski definition) is 6. The monoisotopic (exact) mass is 200 g/mol. The van der Waals surface area contributed by atoms with Gasteiger partial charge in [0, 0.05) is 6.07 Å². The topological polar surface area (TPSA) is 133 Å². The Balaban J connectivity index is 3.45. The number of anilines is 1. The summed E-state index contributed by atoms with van der Waals surface area (Å²) in [4.78, 5) is 19.1. The number of nitrogen functional groups attached to an aromatic ring is 1. The molecule has 0 radical (unpaired) electrons. The van der Waals surface area contributed by atoms with E-state index in [-0.39, 0.29) is 5.69 Å². The first kappa shape index (κ1) is 8.23. The van der Waals surface area contributed by atoms with Crippen LogP contribution >= 0.6 is 0 Å². The number of nitro groups is 2. The molecule has 3 N–H and O–H groups in total. The third-order valence-corrected chi connectivity index (χ3v) is 1.49. The molecule has 0 saturated carbocycles. The van der Waals surface area contributed by atoms with Gasteiger partial charge in [0.2, 0.25) is 5.75 Å². The molecular weight excluding hydrogens is 194 g/mol. The van der Waals surface area contributed by atoms with Gasteiger partial charge < -0.3 is 10.8 Å². The minimum Gasteiger partial charge on any atom is -0.501 e. The number of non-ortho nitro benzene ring substituents is 1. The van der Waals surface area contributed by atoms with E-state index in [1.165, 1.54) is 0 Å². The van der Waals surface area contributed by atoms with Crippen LogP contribution in [0.2, 0.25) is 0 Å². The van der Waals surface area contributed by atoms with E-state index in [1.807, 2.05) is 0 Å². The van der Waals surface area contributed by atoms with Crippen molar-refractivity contribution in [3.63, 3.8) is 0 Å². The molecule has 14 heavy (non-hydrogen) atoms. The molecule has 1 rings (SSSR count). The summed E-state index contributed by atoms with van der Waals surface area (Å²) in [5, 5.41) is 24.8. The third kappa shape index (κ3) is 1.53. The van der Waals surface area contributed by atoms with Crippen molar-refractivity contribution >= 4 is 17.1 Å². The van der Waals surface area contributed by atoms with E-state index in [0.29, 0.717) is 6.07 Å². The second-order valence-corrected chi connectivity index (χ2v) is 2.40. The number of aromatic hydroxyl groups is 1. The number of nitrogens with zero attached hydrogens (tertiary/aromatic N) is 2. The number of hydrogen-bond donors (Lipinski definition) is 2. The van der Waals surface area contributed by atoms with E-state index in [1.54, 1.807) is 0 Å². The van der Waals surface area contributed by atoms with Gasteiger partial charge in [0.15, 0.2) is 0 Å². The molecule has 0 fully saturated rings. The Kier molecular flexibility index (Phi) is 1.86. The van der Waals surface area contributed by atoms with Crippen molar-refractivity contribution in [1.82, 2.24) is 0 Å². The van der Waals surface area contributed by atoms with Crippen molar-refractivity contribution in [2.24, 2.45) is 0 Å². The summed E-state index contributed by atoms with van der Waals surface area (Å²) < 4.78 is 6.54. The van der Waals surface area contributed by atoms with Crippen molar-refractivity contribution < 1.29 is 15.0 Å². The van der Waals surface area contributed by atoms with Gasteiger partial charge in [-0.3, -0.25) is 20.2 Å². The summed E-state index contributed by atoms with van der Waals surface area (Å²) in [6.45, 7) is 0. The predicted octanol–water partition coefficient (Wildman–Crippen LogP) is 0.791. The highest BCUT2D eigenvalue weighted by molar-refractivity contribution is 5.67. The maximum atomic E-state index is 10.5. The van der Waals surface area contributed by atoms with E-state index < -0.39 is 27.0 Å². The van der Waals surface area contributed by atoms with Crippen LogP contribution in [0.5, 0.6) is 5.75 Å². The summed E-state index contributed by atoms with van der Waals surface area (Å²) in [7, 11) is 0.